The minimum atomic E-state index is 0.240. The fourth-order valence-corrected chi connectivity index (χ4v) is 8.93. The zero-order valence-electron chi connectivity index (χ0n) is 18.2. The van der Waals surface area contributed by atoms with Crippen molar-refractivity contribution in [3.05, 3.63) is 30.1 Å². The average Bonchev–Trinajstić information content (AvgIpc) is 3.44. The molecule has 4 bridgehead atoms. The summed E-state index contributed by atoms with van der Waals surface area (Å²) in [6.07, 6.45) is 9.88. The first-order valence-corrected chi connectivity index (χ1v) is 12.7. The van der Waals surface area contributed by atoms with Gasteiger partial charge in [0, 0.05) is 31.1 Å². The van der Waals surface area contributed by atoms with Gasteiger partial charge in [0.1, 0.15) is 0 Å². The summed E-state index contributed by atoms with van der Waals surface area (Å²) in [6.45, 7) is 1.72. The molecule has 5 nitrogen and oxygen atoms in total. The molecule has 2 unspecified atom stereocenters. The number of hydrogen-bond donors (Lipinski definition) is 1. The van der Waals surface area contributed by atoms with Crippen molar-refractivity contribution in [3.63, 3.8) is 0 Å². The molecule has 31 heavy (non-hydrogen) atoms. The van der Waals surface area contributed by atoms with Crippen molar-refractivity contribution in [1.29, 1.82) is 0 Å². The van der Waals surface area contributed by atoms with Crippen molar-refractivity contribution in [3.8, 4) is 0 Å². The molecular weight excluding hydrogens is 386 g/mol. The van der Waals surface area contributed by atoms with Crippen LogP contribution in [0.3, 0.4) is 0 Å². The number of carbonyl (C=O) groups is 2. The van der Waals surface area contributed by atoms with Gasteiger partial charge in [-0.05, 0) is 98.0 Å². The van der Waals surface area contributed by atoms with Crippen LogP contribution in [0.15, 0.2) is 24.4 Å². The van der Waals surface area contributed by atoms with Crippen molar-refractivity contribution >= 4 is 11.8 Å². The lowest BCUT2D eigenvalue weighted by Crippen LogP contribution is -2.40. The highest BCUT2D eigenvalue weighted by molar-refractivity contribution is 5.84. The summed E-state index contributed by atoms with van der Waals surface area (Å²) in [4.78, 5) is 32.8. The van der Waals surface area contributed by atoms with Gasteiger partial charge in [0.25, 0.3) is 0 Å². The smallest absolute Gasteiger partial charge is 0.226 e. The Morgan fingerprint density at radius 1 is 0.903 bits per heavy atom. The molecule has 6 aliphatic rings. The van der Waals surface area contributed by atoms with Crippen LogP contribution in [0.4, 0.5) is 0 Å². The van der Waals surface area contributed by atoms with E-state index in [1.165, 1.54) is 38.5 Å². The van der Waals surface area contributed by atoms with Gasteiger partial charge in [-0.15, -0.1) is 0 Å². The lowest BCUT2D eigenvalue weighted by molar-refractivity contribution is -0.134. The van der Waals surface area contributed by atoms with E-state index in [1.807, 2.05) is 23.1 Å². The Morgan fingerprint density at radius 2 is 1.52 bits per heavy atom. The topological polar surface area (TPSA) is 62.3 Å². The zero-order valence-corrected chi connectivity index (χ0v) is 18.2. The molecule has 6 aliphatic carbocycles. The Kier molecular flexibility index (Phi) is 4.08. The molecule has 0 aromatic carbocycles. The number of pyridine rings is 1. The van der Waals surface area contributed by atoms with E-state index in [4.69, 9.17) is 0 Å². The highest BCUT2D eigenvalue weighted by atomic mass is 16.2. The number of carbonyl (C=O) groups excluding carboxylic acids is 2. The van der Waals surface area contributed by atoms with Gasteiger partial charge in [-0.3, -0.25) is 14.6 Å². The number of fused-ring (bicyclic) bond motifs is 10. The Hall–Kier alpha value is -1.91. The van der Waals surface area contributed by atoms with Gasteiger partial charge in [0.2, 0.25) is 11.8 Å². The molecule has 7 rings (SSSR count). The summed E-state index contributed by atoms with van der Waals surface area (Å²) >= 11 is 0. The molecule has 2 amide bonds. The molecule has 6 fully saturated rings. The van der Waals surface area contributed by atoms with Crippen LogP contribution >= 0.6 is 0 Å². The van der Waals surface area contributed by atoms with Crippen LogP contribution in [-0.2, 0) is 16.1 Å². The maximum absolute atomic E-state index is 13.5. The van der Waals surface area contributed by atoms with E-state index >= 15 is 0 Å². The van der Waals surface area contributed by atoms with Crippen molar-refractivity contribution in [2.75, 3.05) is 13.1 Å². The molecule has 5 heteroatoms. The van der Waals surface area contributed by atoms with Crippen LogP contribution in [-0.4, -0.2) is 34.8 Å². The average molecular weight is 420 g/mol. The molecule has 0 radical (unpaired) electrons. The van der Waals surface area contributed by atoms with Crippen LogP contribution in [0.5, 0.6) is 0 Å². The Balaban J connectivity index is 0.992. The van der Waals surface area contributed by atoms with E-state index in [-0.39, 0.29) is 17.7 Å². The number of nitrogens with zero attached hydrogens (tertiary/aromatic N) is 2. The number of nitrogens with one attached hydrogen (secondary N) is 1. The van der Waals surface area contributed by atoms with E-state index in [0.29, 0.717) is 49.2 Å². The molecule has 164 valence electrons. The molecule has 1 N–H and O–H groups in total. The highest BCUT2D eigenvalue weighted by Gasteiger charge is 2.68. The predicted molar refractivity (Wildman–Crippen MR) is 115 cm³/mol. The van der Waals surface area contributed by atoms with Gasteiger partial charge < -0.3 is 10.2 Å². The number of aromatic nitrogens is 1. The SMILES string of the molecule is O=C(NCCN(Cc1ccccn1)C(=O)C1[C@@H]2[C@H]3CC[C@@H](C3)[C@H]12)C1[C@@H]2[C@H]3CC[C@@H](C3)[C@H]12. The second-order valence-electron chi connectivity index (χ2n) is 11.4. The van der Waals surface area contributed by atoms with Gasteiger partial charge in [-0.25, -0.2) is 0 Å². The summed E-state index contributed by atoms with van der Waals surface area (Å²) in [6, 6.07) is 5.90. The van der Waals surface area contributed by atoms with Crippen molar-refractivity contribution in [2.45, 2.75) is 45.1 Å². The molecule has 1 aromatic heterocycles. The number of rotatable bonds is 7. The first-order chi connectivity index (χ1) is 15.2. The molecular formula is C26H33N3O2. The fourth-order valence-electron chi connectivity index (χ4n) is 8.93. The van der Waals surface area contributed by atoms with Gasteiger partial charge in [-0.2, -0.15) is 0 Å². The van der Waals surface area contributed by atoms with E-state index in [0.717, 1.165) is 29.4 Å². The molecule has 0 spiro atoms. The van der Waals surface area contributed by atoms with Crippen LogP contribution in [0, 0.1) is 59.2 Å². The van der Waals surface area contributed by atoms with E-state index in [9.17, 15) is 9.59 Å². The summed E-state index contributed by atoms with van der Waals surface area (Å²) in [5.74, 6) is 6.93. The second-order valence-corrected chi connectivity index (χ2v) is 11.4. The molecule has 1 aromatic rings. The van der Waals surface area contributed by atoms with Crippen LogP contribution in [0.2, 0.25) is 0 Å². The normalized spacial score (nSPS) is 44.6. The first-order valence-electron chi connectivity index (χ1n) is 12.7. The standard InChI is InChI=1S/C26H33N3O2/c30-25(23-19-14-4-5-15(11-14)20(19)23)28-9-10-29(13-18-3-1-2-8-27-18)26(31)24-21-16-6-7-17(12-16)22(21)24/h1-3,8,14-17,19-24H,4-7,9-13H2,(H,28,30)/t14-,15-,16-,17-,19-,20+,21-,22+,23?,24?/m0/s1. The molecule has 1 heterocycles. The van der Waals surface area contributed by atoms with Gasteiger partial charge in [0.15, 0.2) is 0 Å². The number of amides is 2. The lowest BCUT2D eigenvalue weighted by atomic mass is 10.0. The van der Waals surface area contributed by atoms with Crippen LogP contribution < -0.4 is 5.32 Å². The highest BCUT2D eigenvalue weighted by Crippen LogP contribution is 2.70. The predicted octanol–water partition coefficient (Wildman–Crippen LogP) is 3.11. The maximum atomic E-state index is 13.5. The minimum absolute atomic E-state index is 0.240. The van der Waals surface area contributed by atoms with Gasteiger partial charge in [-0.1, -0.05) is 6.07 Å². The summed E-state index contributed by atoms with van der Waals surface area (Å²) in [5.41, 5.74) is 0.934. The van der Waals surface area contributed by atoms with Crippen molar-refractivity contribution in [2.24, 2.45) is 59.2 Å². The second kappa shape index (κ2) is 6.79. The number of hydrogen-bond acceptors (Lipinski definition) is 3. The molecule has 0 aliphatic heterocycles. The third kappa shape index (κ3) is 2.84. The Bertz CT molecular complexity index is 871. The van der Waals surface area contributed by atoms with Gasteiger partial charge >= 0.3 is 0 Å². The molecule has 6 saturated carbocycles. The van der Waals surface area contributed by atoms with E-state index < -0.39 is 0 Å². The molecule has 0 saturated heterocycles. The van der Waals surface area contributed by atoms with E-state index in [1.54, 1.807) is 6.20 Å². The van der Waals surface area contributed by atoms with Gasteiger partial charge in [0.05, 0.1) is 12.2 Å². The lowest BCUT2D eigenvalue weighted by Gasteiger charge is -2.24. The largest absolute Gasteiger partial charge is 0.354 e. The van der Waals surface area contributed by atoms with Crippen LogP contribution in [0.1, 0.15) is 44.2 Å². The van der Waals surface area contributed by atoms with Crippen molar-refractivity contribution < 1.29 is 9.59 Å². The summed E-state index contributed by atoms with van der Waals surface area (Å²) < 4.78 is 0. The third-order valence-electron chi connectivity index (χ3n) is 10.1. The quantitative estimate of drug-likeness (QED) is 0.739. The van der Waals surface area contributed by atoms with Crippen LogP contribution in [0.25, 0.3) is 0 Å². The van der Waals surface area contributed by atoms with Crippen molar-refractivity contribution in [1.82, 2.24) is 15.2 Å². The van der Waals surface area contributed by atoms with E-state index in [2.05, 4.69) is 10.3 Å². The Morgan fingerprint density at radius 3 is 2.10 bits per heavy atom. The first kappa shape index (κ1) is 18.6. The fraction of sp³-hybridized carbons (Fsp3) is 0.731. The third-order valence-corrected chi connectivity index (χ3v) is 10.1. The monoisotopic (exact) mass is 419 g/mol. The Labute approximate surface area is 184 Å². The maximum Gasteiger partial charge on any atom is 0.226 e. The summed E-state index contributed by atoms with van der Waals surface area (Å²) in [5, 5.41) is 3.20. The summed E-state index contributed by atoms with van der Waals surface area (Å²) in [7, 11) is 0. The molecule has 10 atom stereocenters. The minimum Gasteiger partial charge on any atom is -0.354 e. The zero-order chi connectivity index (χ0) is 20.7.